The minimum Gasteiger partial charge on any atom is -0.368 e. The Bertz CT molecular complexity index is 512. The largest absolute Gasteiger partial charge is 0.368 e. The van der Waals surface area contributed by atoms with E-state index in [1.54, 1.807) is 0 Å². The summed E-state index contributed by atoms with van der Waals surface area (Å²) >= 11 is 3.28. The smallest absolute Gasteiger partial charge is 0.232 e. The first kappa shape index (κ1) is 11.8. The second kappa shape index (κ2) is 5.09. The Morgan fingerprint density at radius 1 is 1.18 bits per heavy atom. The molecule has 0 spiro atoms. The maximum atomic E-state index is 5.59. The van der Waals surface area contributed by atoms with E-state index in [0.717, 1.165) is 5.69 Å². The number of nitrogens with two attached hydrogens (primary N) is 1. The van der Waals surface area contributed by atoms with Gasteiger partial charge in [0.25, 0.3) is 0 Å². The Kier molecular flexibility index (Phi) is 3.53. The van der Waals surface area contributed by atoms with Crippen molar-refractivity contribution >= 4 is 33.5 Å². The van der Waals surface area contributed by atoms with Gasteiger partial charge in [-0.25, -0.2) is 0 Å². The summed E-state index contributed by atoms with van der Waals surface area (Å²) in [6, 6.07) is 7.95. The molecule has 1 heterocycles. The van der Waals surface area contributed by atoms with Crippen LogP contribution in [0, 0.1) is 6.92 Å². The summed E-state index contributed by atoms with van der Waals surface area (Å²) in [6.45, 7) is 2.04. The van der Waals surface area contributed by atoms with E-state index in [9.17, 15) is 0 Å². The molecule has 0 aliphatic rings. The van der Waals surface area contributed by atoms with Crippen molar-refractivity contribution in [3.63, 3.8) is 0 Å². The molecule has 0 saturated heterocycles. The zero-order valence-corrected chi connectivity index (χ0v) is 10.9. The maximum Gasteiger partial charge on any atom is 0.232 e. The normalized spacial score (nSPS) is 10.2. The lowest BCUT2D eigenvalue weighted by Crippen LogP contribution is -2.05. The number of halogens is 1. The Balaban J connectivity index is 2.23. The lowest BCUT2D eigenvalue weighted by molar-refractivity contribution is 0.987. The Morgan fingerprint density at radius 3 is 2.53 bits per heavy atom. The highest BCUT2D eigenvalue weighted by atomic mass is 79.9. The molecule has 0 amide bonds. The molecule has 0 fully saturated rings. The first-order valence-electron chi connectivity index (χ1n) is 5.07. The molecule has 1 aromatic carbocycles. The average molecular weight is 294 g/mol. The van der Waals surface area contributed by atoms with Crippen LogP contribution in [0.2, 0.25) is 0 Å². The maximum absolute atomic E-state index is 5.59. The first-order chi connectivity index (χ1) is 8.17. The van der Waals surface area contributed by atoms with Crippen molar-refractivity contribution in [1.29, 1.82) is 0 Å². The van der Waals surface area contributed by atoms with Crippen molar-refractivity contribution in [2.24, 2.45) is 0 Å². The number of nitrogens with zero attached hydrogens (tertiary/aromatic N) is 3. The van der Waals surface area contributed by atoms with Crippen molar-refractivity contribution in [2.45, 2.75) is 12.3 Å². The van der Waals surface area contributed by atoms with Crippen LogP contribution in [0.5, 0.6) is 0 Å². The van der Waals surface area contributed by atoms with Gasteiger partial charge >= 0.3 is 0 Å². The fraction of sp³-hybridized carbons (Fsp3) is 0.182. The summed E-state index contributed by atoms with van der Waals surface area (Å²) in [5, 5.41) is 3.63. The van der Waals surface area contributed by atoms with E-state index in [1.165, 1.54) is 5.56 Å². The van der Waals surface area contributed by atoms with Gasteiger partial charge in [-0.2, -0.15) is 15.0 Å². The molecule has 0 atom stereocenters. The zero-order chi connectivity index (χ0) is 12.3. The quantitative estimate of drug-likeness (QED) is 0.850. The lowest BCUT2D eigenvalue weighted by Gasteiger charge is -2.06. The number of hydrogen-bond donors (Lipinski definition) is 2. The number of hydrogen-bond acceptors (Lipinski definition) is 5. The van der Waals surface area contributed by atoms with Gasteiger partial charge in [-0.05, 0) is 19.1 Å². The van der Waals surface area contributed by atoms with Crippen molar-refractivity contribution in [3.8, 4) is 0 Å². The van der Waals surface area contributed by atoms with Gasteiger partial charge in [0.2, 0.25) is 11.9 Å². The molecule has 88 valence electrons. The second-order valence-electron chi connectivity index (χ2n) is 3.56. The molecule has 5 nitrogen and oxygen atoms in total. The Hall–Kier alpha value is -1.69. The van der Waals surface area contributed by atoms with Gasteiger partial charge in [0.05, 0.1) is 5.33 Å². The molecule has 2 rings (SSSR count). The fourth-order valence-corrected chi connectivity index (χ4v) is 1.57. The number of anilines is 3. The van der Waals surface area contributed by atoms with Crippen molar-refractivity contribution in [1.82, 2.24) is 15.0 Å². The average Bonchev–Trinajstić information content (AvgIpc) is 2.31. The van der Waals surface area contributed by atoms with E-state index in [1.807, 2.05) is 31.2 Å². The van der Waals surface area contributed by atoms with E-state index in [2.05, 4.69) is 36.2 Å². The van der Waals surface area contributed by atoms with Crippen LogP contribution in [0.25, 0.3) is 0 Å². The van der Waals surface area contributed by atoms with Gasteiger partial charge in [-0.3, -0.25) is 0 Å². The number of nitrogen functional groups attached to an aromatic ring is 1. The third-order valence-electron chi connectivity index (χ3n) is 2.13. The van der Waals surface area contributed by atoms with Gasteiger partial charge in [0.1, 0.15) is 5.82 Å². The highest BCUT2D eigenvalue weighted by Gasteiger charge is 2.03. The first-order valence-corrected chi connectivity index (χ1v) is 6.19. The lowest BCUT2D eigenvalue weighted by atomic mass is 10.2. The predicted octanol–water partition coefficient (Wildman–Crippen LogP) is 2.40. The summed E-state index contributed by atoms with van der Waals surface area (Å²) in [7, 11) is 0. The van der Waals surface area contributed by atoms with Crippen molar-refractivity contribution in [3.05, 3.63) is 35.7 Å². The molecule has 0 unspecified atom stereocenters. The summed E-state index contributed by atoms with van der Waals surface area (Å²) in [4.78, 5) is 12.2. The highest BCUT2D eigenvalue weighted by molar-refractivity contribution is 9.08. The molecule has 17 heavy (non-hydrogen) atoms. The van der Waals surface area contributed by atoms with Crippen molar-refractivity contribution in [2.75, 3.05) is 11.1 Å². The zero-order valence-electron chi connectivity index (χ0n) is 9.31. The molecule has 1 aromatic heterocycles. The van der Waals surface area contributed by atoms with Gasteiger partial charge in [-0.15, -0.1) is 0 Å². The monoisotopic (exact) mass is 293 g/mol. The minimum atomic E-state index is 0.212. The van der Waals surface area contributed by atoms with Gasteiger partial charge in [-0.1, -0.05) is 33.6 Å². The van der Waals surface area contributed by atoms with Gasteiger partial charge in [0.15, 0.2) is 0 Å². The standard InChI is InChI=1S/C11H12BrN5/c1-7-2-4-8(5-3-7)14-11-16-9(6-12)15-10(13)17-11/h2-5H,6H2,1H3,(H3,13,14,15,16,17). The molecule has 3 N–H and O–H groups in total. The third kappa shape index (κ3) is 3.13. The van der Waals surface area contributed by atoms with Crippen LogP contribution in [0.1, 0.15) is 11.4 Å². The minimum absolute atomic E-state index is 0.212. The molecule has 2 aromatic rings. The number of alkyl halides is 1. The van der Waals surface area contributed by atoms with Gasteiger partial charge in [0, 0.05) is 5.69 Å². The van der Waals surface area contributed by atoms with Crippen LogP contribution in [-0.2, 0) is 5.33 Å². The fourth-order valence-electron chi connectivity index (χ4n) is 1.32. The molecule has 6 heteroatoms. The van der Waals surface area contributed by atoms with E-state index in [-0.39, 0.29) is 5.95 Å². The van der Waals surface area contributed by atoms with E-state index < -0.39 is 0 Å². The molecule has 0 aliphatic heterocycles. The predicted molar refractivity (Wildman–Crippen MR) is 71.3 cm³/mol. The van der Waals surface area contributed by atoms with Crippen LogP contribution in [0.15, 0.2) is 24.3 Å². The summed E-state index contributed by atoms with van der Waals surface area (Å²) in [5.74, 6) is 1.27. The summed E-state index contributed by atoms with van der Waals surface area (Å²) < 4.78 is 0. The third-order valence-corrected chi connectivity index (χ3v) is 2.63. The molecule has 0 saturated carbocycles. The number of nitrogens with one attached hydrogen (secondary N) is 1. The second-order valence-corrected chi connectivity index (χ2v) is 4.12. The van der Waals surface area contributed by atoms with Crippen LogP contribution < -0.4 is 11.1 Å². The summed E-state index contributed by atoms with van der Waals surface area (Å²) in [6.07, 6.45) is 0. The molecular formula is C11H12BrN5. The molecule has 0 radical (unpaired) electrons. The number of benzene rings is 1. The van der Waals surface area contributed by atoms with E-state index in [0.29, 0.717) is 17.1 Å². The molecular weight excluding hydrogens is 282 g/mol. The summed E-state index contributed by atoms with van der Waals surface area (Å²) in [5.41, 5.74) is 7.71. The molecule has 0 aliphatic carbocycles. The Morgan fingerprint density at radius 2 is 1.88 bits per heavy atom. The van der Waals surface area contributed by atoms with E-state index in [4.69, 9.17) is 5.73 Å². The van der Waals surface area contributed by atoms with E-state index >= 15 is 0 Å². The van der Waals surface area contributed by atoms with Crippen LogP contribution in [0.4, 0.5) is 17.6 Å². The van der Waals surface area contributed by atoms with Crippen LogP contribution in [0.3, 0.4) is 0 Å². The highest BCUT2D eigenvalue weighted by Crippen LogP contribution is 2.14. The number of rotatable bonds is 3. The number of aryl methyl sites for hydroxylation is 1. The SMILES string of the molecule is Cc1ccc(Nc2nc(N)nc(CBr)n2)cc1. The van der Waals surface area contributed by atoms with Crippen molar-refractivity contribution < 1.29 is 0 Å². The molecule has 0 bridgehead atoms. The van der Waals surface area contributed by atoms with Gasteiger partial charge < -0.3 is 11.1 Å². The van der Waals surface area contributed by atoms with Crippen LogP contribution in [-0.4, -0.2) is 15.0 Å². The number of aromatic nitrogens is 3. The Labute approximate surface area is 108 Å². The van der Waals surface area contributed by atoms with Crippen LogP contribution >= 0.6 is 15.9 Å². The topological polar surface area (TPSA) is 76.7 Å².